The second-order valence-electron chi connectivity index (χ2n) is 2.28. The average molecular weight is 298 g/mol. The maximum absolute atomic E-state index is 5.90. The standard InChI is InChI=1S/C8H9ClINO/c1-12-8-3-7(10)6(9)2-5(8)4-11/h2-3H,4,11H2,1H3. The molecule has 0 aliphatic rings. The highest BCUT2D eigenvalue weighted by molar-refractivity contribution is 14.1. The summed E-state index contributed by atoms with van der Waals surface area (Å²) in [5.41, 5.74) is 6.44. The Hall–Kier alpha value is -0.000000000000000132. The summed E-state index contributed by atoms with van der Waals surface area (Å²) in [6.07, 6.45) is 0. The molecule has 0 spiro atoms. The quantitative estimate of drug-likeness (QED) is 0.851. The van der Waals surface area contributed by atoms with E-state index in [0.29, 0.717) is 6.54 Å². The summed E-state index contributed by atoms with van der Waals surface area (Å²) in [5, 5.41) is 0.719. The van der Waals surface area contributed by atoms with E-state index in [0.717, 1.165) is 19.9 Å². The fourth-order valence-electron chi connectivity index (χ4n) is 0.919. The molecule has 0 heterocycles. The number of methoxy groups -OCH3 is 1. The number of hydrogen-bond acceptors (Lipinski definition) is 2. The number of nitrogens with two attached hydrogens (primary N) is 1. The summed E-state index contributed by atoms with van der Waals surface area (Å²) in [6.45, 7) is 0.444. The van der Waals surface area contributed by atoms with E-state index in [9.17, 15) is 0 Å². The number of halogens is 2. The van der Waals surface area contributed by atoms with Crippen molar-refractivity contribution in [2.75, 3.05) is 7.11 Å². The lowest BCUT2D eigenvalue weighted by atomic mass is 10.2. The molecule has 0 amide bonds. The van der Waals surface area contributed by atoms with Crippen LogP contribution in [0.2, 0.25) is 5.02 Å². The first-order chi connectivity index (χ1) is 5.69. The molecule has 0 fully saturated rings. The van der Waals surface area contributed by atoms with Crippen molar-refractivity contribution in [3.8, 4) is 5.75 Å². The fourth-order valence-corrected chi connectivity index (χ4v) is 1.54. The summed E-state index contributed by atoms with van der Waals surface area (Å²) >= 11 is 8.06. The van der Waals surface area contributed by atoms with Crippen molar-refractivity contribution in [1.82, 2.24) is 0 Å². The normalized spacial score (nSPS) is 10.0. The van der Waals surface area contributed by atoms with Gasteiger partial charge in [0.05, 0.1) is 12.1 Å². The Morgan fingerprint density at radius 1 is 1.58 bits per heavy atom. The van der Waals surface area contributed by atoms with Gasteiger partial charge >= 0.3 is 0 Å². The van der Waals surface area contributed by atoms with Gasteiger partial charge < -0.3 is 10.5 Å². The topological polar surface area (TPSA) is 35.2 Å². The van der Waals surface area contributed by atoms with Gasteiger partial charge in [-0.2, -0.15) is 0 Å². The van der Waals surface area contributed by atoms with Gasteiger partial charge in [-0.05, 0) is 34.7 Å². The molecule has 4 heteroatoms. The van der Waals surface area contributed by atoms with Crippen molar-refractivity contribution >= 4 is 34.2 Å². The van der Waals surface area contributed by atoms with E-state index in [1.807, 2.05) is 12.1 Å². The molecular formula is C8H9ClINO. The van der Waals surface area contributed by atoms with Crippen LogP contribution in [0, 0.1) is 3.57 Å². The lowest BCUT2D eigenvalue weighted by Gasteiger charge is -2.07. The highest BCUT2D eigenvalue weighted by Crippen LogP contribution is 2.27. The fraction of sp³-hybridized carbons (Fsp3) is 0.250. The Morgan fingerprint density at radius 2 is 2.25 bits per heavy atom. The van der Waals surface area contributed by atoms with Crippen LogP contribution in [0.4, 0.5) is 0 Å². The Labute approximate surface area is 90.2 Å². The molecule has 1 rings (SSSR count). The van der Waals surface area contributed by atoms with Gasteiger partial charge in [0.2, 0.25) is 0 Å². The Kier molecular flexibility index (Phi) is 3.61. The third-order valence-corrected chi connectivity index (χ3v) is 3.07. The number of ether oxygens (including phenoxy) is 1. The predicted octanol–water partition coefficient (Wildman–Crippen LogP) is 2.41. The molecule has 0 bridgehead atoms. The minimum absolute atomic E-state index is 0.444. The van der Waals surface area contributed by atoms with E-state index < -0.39 is 0 Å². The molecule has 0 aliphatic heterocycles. The van der Waals surface area contributed by atoms with Gasteiger partial charge in [-0.3, -0.25) is 0 Å². The zero-order valence-corrected chi connectivity index (χ0v) is 9.52. The lowest BCUT2D eigenvalue weighted by molar-refractivity contribution is 0.409. The summed E-state index contributed by atoms with van der Waals surface area (Å²) in [7, 11) is 1.62. The molecule has 2 nitrogen and oxygen atoms in total. The largest absolute Gasteiger partial charge is 0.496 e. The van der Waals surface area contributed by atoms with Gasteiger partial charge in [0.1, 0.15) is 5.75 Å². The minimum atomic E-state index is 0.444. The van der Waals surface area contributed by atoms with Gasteiger partial charge in [0.25, 0.3) is 0 Å². The Balaban J connectivity index is 3.19. The lowest BCUT2D eigenvalue weighted by Crippen LogP contribution is -2.00. The van der Waals surface area contributed by atoms with Crippen LogP contribution < -0.4 is 10.5 Å². The van der Waals surface area contributed by atoms with Crippen molar-refractivity contribution in [3.63, 3.8) is 0 Å². The van der Waals surface area contributed by atoms with Crippen molar-refractivity contribution < 1.29 is 4.74 Å². The number of hydrogen-bond donors (Lipinski definition) is 1. The first-order valence-electron chi connectivity index (χ1n) is 3.41. The van der Waals surface area contributed by atoms with Gasteiger partial charge in [0, 0.05) is 15.7 Å². The van der Waals surface area contributed by atoms with E-state index in [-0.39, 0.29) is 0 Å². The summed E-state index contributed by atoms with van der Waals surface area (Å²) in [5.74, 6) is 0.798. The second kappa shape index (κ2) is 4.30. The van der Waals surface area contributed by atoms with Crippen LogP contribution in [-0.2, 0) is 6.54 Å². The van der Waals surface area contributed by atoms with Crippen LogP contribution in [-0.4, -0.2) is 7.11 Å². The summed E-state index contributed by atoms with van der Waals surface area (Å²) in [4.78, 5) is 0. The molecule has 66 valence electrons. The maximum Gasteiger partial charge on any atom is 0.124 e. The van der Waals surface area contributed by atoms with Crippen molar-refractivity contribution in [2.45, 2.75) is 6.54 Å². The van der Waals surface area contributed by atoms with E-state index >= 15 is 0 Å². The van der Waals surface area contributed by atoms with E-state index in [2.05, 4.69) is 22.6 Å². The van der Waals surface area contributed by atoms with E-state index in [1.54, 1.807) is 7.11 Å². The molecule has 0 unspecified atom stereocenters. The molecule has 0 saturated heterocycles. The van der Waals surface area contributed by atoms with Gasteiger partial charge in [-0.1, -0.05) is 11.6 Å². The third kappa shape index (κ3) is 2.02. The van der Waals surface area contributed by atoms with E-state index in [1.165, 1.54) is 0 Å². The first-order valence-corrected chi connectivity index (χ1v) is 4.86. The highest BCUT2D eigenvalue weighted by atomic mass is 127. The number of benzene rings is 1. The summed E-state index contributed by atoms with van der Waals surface area (Å²) < 4.78 is 6.10. The monoisotopic (exact) mass is 297 g/mol. The van der Waals surface area contributed by atoms with Crippen LogP contribution in [0.3, 0.4) is 0 Å². The molecule has 1 aromatic rings. The molecule has 2 N–H and O–H groups in total. The average Bonchev–Trinajstić information content (AvgIpc) is 2.09. The molecule has 12 heavy (non-hydrogen) atoms. The molecule has 1 aromatic carbocycles. The molecule has 0 atom stereocenters. The van der Waals surface area contributed by atoms with Gasteiger partial charge in [-0.25, -0.2) is 0 Å². The predicted molar refractivity (Wildman–Crippen MR) is 58.6 cm³/mol. The highest BCUT2D eigenvalue weighted by Gasteiger charge is 2.05. The van der Waals surface area contributed by atoms with Crippen LogP contribution in [0.15, 0.2) is 12.1 Å². The van der Waals surface area contributed by atoms with Crippen LogP contribution in [0.1, 0.15) is 5.56 Å². The zero-order chi connectivity index (χ0) is 9.14. The second-order valence-corrected chi connectivity index (χ2v) is 3.85. The SMILES string of the molecule is COc1cc(I)c(Cl)cc1CN. The maximum atomic E-state index is 5.90. The Bertz CT molecular complexity index is 262. The van der Waals surface area contributed by atoms with Crippen molar-refractivity contribution in [2.24, 2.45) is 5.73 Å². The third-order valence-electron chi connectivity index (χ3n) is 1.54. The summed E-state index contributed by atoms with van der Waals surface area (Å²) in [6, 6.07) is 3.72. The van der Waals surface area contributed by atoms with E-state index in [4.69, 9.17) is 22.1 Å². The minimum Gasteiger partial charge on any atom is -0.496 e. The smallest absolute Gasteiger partial charge is 0.124 e. The molecule has 0 aromatic heterocycles. The molecule has 0 radical (unpaired) electrons. The van der Waals surface area contributed by atoms with Crippen LogP contribution >= 0.6 is 34.2 Å². The Morgan fingerprint density at radius 3 is 2.75 bits per heavy atom. The van der Waals surface area contributed by atoms with Crippen LogP contribution in [0.5, 0.6) is 5.75 Å². The van der Waals surface area contributed by atoms with Crippen molar-refractivity contribution in [3.05, 3.63) is 26.3 Å². The zero-order valence-electron chi connectivity index (χ0n) is 6.60. The van der Waals surface area contributed by atoms with Crippen LogP contribution in [0.25, 0.3) is 0 Å². The molecule has 0 saturated carbocycles. The first kappa shape index (κ1) is 10.1. The number of rotatable bonds is 2. The van der Waals surface area contributed by atoms with Crippen molar-refractivity contribution in [1.29, 1.82) is 0 Å². The molecule has 0 aliphatic carbocycles. The van der Waals surface area contributed by atoms with Gasteiger partial charge in [0.15, 0.2) is 0 Å². The van der Waals surface area contributed by atoms with Gasteiger partial charge in [-0.15, -0.1) is 0 Å². The molecular weight excluding hydrogens is 288 g/mol.